The predicted molar refractivity (Wildman–Crippen MR) is 69.8 cm³/mol. The lowest BCUT2D eigenvalue weighted by molar-refractivity contribution is 0.265. The topological polar surface area (TPSA) is 15.7 Å². The minimum Gasteiger partial charge on any atom is -0.496 e. The molecule has 0 aliphatic carbocycles. The molecule has 1 aromatic rings. The van der Waals surface area contributed by atoms with Gasteiger partial charge in [-0.05, 0) is 25.6 Å². The van der Waals surface area contributed by atoms with Crippen molar-refractivity contribution >= 4 is 5.69 Å². The summed E-state index contributed by atoms with van der Waals surface area (Å²) < 4.78 is 5.57. The Bertz CT molecular complexity index is 460. The molecule has 0 aromatic heterocycles. The van der Waals surface area contributed by atoms with Crippen LogP contribution in [-0.4, -0.2) is 38.8 Å². The highest BCUT2D eigenvalue weighted by Crippen LogP contribution is 2.54. The largest absolute Gasteiger partial charge is 0.496 e. The molecule has 0 amide bonds. The van der Waals surface area contributed by atoms with Gasteiger partial charge in [-0.1, -0.05) is 13.0 Å². The molecule has 3 nitrogen and oxygen atoms in total. The first-order valence-electron chi connectivity index (χ1n) is 6.20. The Kier molecular flexibility index (Phi) is 2.17. The van der Waals surface area contributed by atoms with E-state index in [2.05, 4.69) is 49.0 Å². The lowest BCUT2D eigenvalue weighted by atomic mass is 9.81. The van der Waals surface area contributed by atoms with Crippen molar-refractivity contribution < 1.29 is 4.74 Å². The maximum absolute atomic E-state index is 5.57. The highest BCUT2D eigenvalue weighted by atomic mass is 16.5. The van der Waals surface area contributed by atoms with E-state index in [1.54, 1.807) is 7.11 Å². The molecule has 2 aliphatic rings. The van der Waals surface area contributed by atoms with E-state index in [4.69, 9.17) is 4.74 Å². The van der Waals surface area contributed by atoms with Crippen molar-refractivity contribution in [2.24, 2.45) is 0 Å². The van der Waals surface area contributed by atoms with Crippen molar-refractivity contribution in [1.29, 1.82) is 0 Å². The van der Waals surface area contributed by atoms with Gasteiger partial charge in [0.05, 0.1) is 13.3 Å². The van der Waals surface area contributed by atoms with Crippen LogP contribution in [0.15, 0.2) is 18.2 Å². The summed E-state index contributed by atoms with van der Waals surface area (Å²) in [6.45, 7) is 3.52. The number of likely N-dealkylation sites (N-methyl/N-ethyl adjacent to an activating group) is 2. The van der Waals surface area contributed by atoms with Crippen molar-refractivity contribution in [2.75, 3.05) is 32.6 Å². The Morgan fingerprint density at radius 1 is 1.35 bits per heavy atom. The van der Waals surface area contributed by atoms with E-state index in [0.717, 1.165) is 12.3 Å². The quantitative estimate of drug-likeness (QED) is 0.737. The fourth-order valence-electron chi connectivity index (χ4n) is 3.81. The minimum absolute atomic E-state index is 0.200. The van der Waals surface area contributed by atoms with Crippen LogP contribution < -0.4 is 9.64 Å². The molecule has 92 valence electrons. The first-order chi connectivity index (χ1) is 8.09. The molecule has 0 spiro atoms. The molecule has 2 heterocycles. The molecule has 17 heavy (non-hydrogen) atoms. The first kappa shape index (κ1) is 10.9. The second kappa shape index (κ2) is 3.39. The molecule has 0 unspecified atom stereocenters. The molecule has 1 aromatic carbocycles. The summed E-state index contributed by atoms with van der Waals surface area (Å²) in [6.07, 6.45) is 1.67. The normalized spacial score (nSPS) is 31.5. The molecule has 0 N–H and O–H groups in total. The van der Waals surface area contributed by atoms with Crippen LogP contribution in [0.3, 0.4) is 0 Å². The standard InChI is InChI=1S/C14H20N2O/c1-14-8-9-15(2)13(14)16(3)10-6-5-7-11(17-4)12(10)14/h5-7,13H,8-9H2,1-4H3/t13-,14+/m1/s1. The maximum Gasteiger partial charge on any atom is 0.124 e. The van der Waals surface area contributed by atoms with Crippen LogP contribution in [0, 0.1) is 0 Å². The zero-order chi connectivity index (χ0) is 12.2. The molecule has 0 bridgehead atoms. The average molecular weight is 232 g/mol. The Morgan fingerprint density at radius 2 is 2.12 bits per heavy atom. The van der Waals surface area contributed by atoms with Gasteiger partial charge >= 0.3 is 0 Å². The van der Waals surface area contributed by atoms with E-state index in [-0.39, 0.29) is 5.41 Å². The number of benzene rings is 1. The zero-order valence-corrected chi connectivity index (χ0v) is 11.0. The summed E-state index contributed by atoms with van der Waals surface area (Å²) in [6, 6.07) is 6.37. The molecule has 1 fully saturated rings. The number of anilines is 1. The van der Waals surface area contributed by atoms with Gasteiger partial charge in [-0.25, -0.2) is 0 Å². The summed E-state index contributed by atoms with van der Waals surface area (Å²) in [5.41, 5.74) is 2.91. The van der Waals surface area contributed by atoms with E-state index in [1.165, 1.54) is 17.7 Å². The number of nitrogens with zero attached hydrogens (tertiary/aromatic N) is 2. The second-order valence-electron chi connectivity index (χ2n) is 5.49. The Balaban J connectivity index is 2.22. The summed E-state index contributed by atoms with van der Waals surface area (Å²) in [7, 11) is 6.17. The molecule has 3 rings (SSSR count). The highest BCUT2D eigenvalue weighted by Gasteiger charge is 2.53. The molecule has 2 atom stereocenters. The highest BCUT2D eigenvalue weighted by molar-refractivity contribution is 5.69. The van der Waals surface area contributed by atoms with E-state index in [1.807, 2.05) is 0 Å². The SMILES string of the molecule is COc1cccc2c1[C@]1(C)CCN(C)[C@@H]1N2C. The number of likely N-dealkylation sites (tertiary alicyclic amines) is 1. The Morgan fingerprint density at radius 3 is 2.82 bits per heavy atom. The fourth-order valence-corrected chi connectivity index (χ4v) is 3.81. The van der Waals surface area contributed by atoms with Gasteiger partial charge in [0.2, 0.25) is 0 Å². The van der Waals surface area contributed by atoms with Crippen LogP contribution in [0.5, 0.6) is 5.75 Å². The maximum atomic E-state index is 5.57. The zero-order valence-electron chi connectivity index (χ0n) is 11.0. The second-order valence-corrected chi connectivity index (χ2v) is 5.49. The third-order valence-corrected chi connectivity index (χ3v) is 4.51. The van der Waals surface area contributed by atoms with Crippen LogP contribution in [0.2, 0.25) is 0 Å². The van der Waals surface area contributed by atoms with Crippen molar-refractivity contribution in [2.45, 2.75) is 24.9 Å². The lowest BCUT2D eigenvalue weighted by Crippen LogP contribution is -2.45. The first-order valence-corrected chi connectivity index (χ1v) is 6.20. The van der Waals surface area contributed by atoms with Crippen LogP contribution in [0.4, 0.5) is 5.69 Å². The van der Waals surface area contributed by atoms with Crippen LogP contribution in [0.1, 0.15) is 18.9 Å². The van der Waals surface area contributed by atoms with Gasteiger partial charge in [-0.2, -0.15) is 0 Å². The van der Waals surface area contributed by atoms with Crippen molar-refractivity contribution in [3.8, 4) is 5.75 Å². The Hall–Kier alpha value is -1.22. The van der Waals surface area contributed by atoms with E-state index < -0.39 is 0 Å². The van der Waals surface area contributed by atoms with E-state index in [9.17, 15) is 0 Å². The van der Waals surface area contributed by atoms with Crippen molar-refractivity contribution in [3.05, 3.63) is 23.8 Å². The third-order valence-electron chi connectivity index (χ3n) is 4.51. The van der Waals surface area contributed by atoms with Gasteiger partial charge in [0.25, 0.3) is 0 Å². The Labute approximate surface area is 103 Å². The van der Waals surface area contributed by atoms with Gasteiger partial charge < -0.3 is 9.64 Å². The van der Waals surface area contributed by atoms with Gasteiger partial charge in [0.1, 0.15) is 5.75 Å². The van der Waals surface area contributed by atoms with Gasteiger partial charge in [-0.15, -0.1) is 0 Å². The molecule has 0 radical (unpaired) electrons. The van der Waals surface area contributed by atoms with Crippen LogP contribution >= 0.6 is 0 Å². The monoisotopic (exact) mass is 232 g/mol. The minimum atomic E-state index is 0.200. The molecular weight excluding hydrogens is 212 g/mol. The number of fused-ring (bicyclic) bond motifs is 3. The van der Waals surface area contributed by atoms with E-state index in [0.29, 0.717) is 6.17 Å². The van der Waals surface area contributed by atoms with Crippen LogP contribution in [-0.2, 0) is 5.41 Å². The molecular formula is C14H20N2O. The lowest BCUT2D eigenvalue weighted by Gasteiger charge is -2.32. The number of hydrogen-bond acceptors (Lipinski definition) is 3. The summed E-state index contributed by atoms with van der Waals surface area (Å²) in [4.78, 5) is 4.84. The number of ether oxygens (including phenoxy) is 1. The molecule has 1 saturated heterocycles. The summed E-state index contributed by atoms with van der Waals surface area (Å²) in [5.74, 6) is 1.04. The fraction of sp³-hybridized carbons (Fsp3) is 0.571. The summed E-state index contributed by atoms with van der Waals surface area (Å²) in [5, 5.41) is 0. The number of methoxy groups -OCH3 is 1. The number of rotatable bonds is 1. The molecule has 2 aliphatic heterocycles. The smallest absolute Gasteiger partial charge is 0.124 e. The van der Waals surface area contributed by atoms with Crippen molar-refractivity contribution in [3.63, 3.8) is 0 Å². The third kappa shape index (κ3) is 1.20. The predicted octanol–water partition coefficient (Wildman–Crippen LogP) is 2.06. The summed E-state index contributed by atoms with van der Waals surface area (Å²) >= 11 is 0. The van der Waals surface area contributed by atoms with Crippen LogP contribution in [0.25, 0.3) is 0 Å². The van der Waals surface area contributed by atoms with Gasteiger partial charge in [0, 0.05) is 30.3 Å². The number of hydrogen-bond donors (Lipinski definition) is 0. The molecule has 0 saturated carbocycles. The van der Waals surface area contributed by atoms with Gasteiger partial charge in [-0.3, -0.25) is 4.90 Å². The van der Waals surface area contributed by atoms with Gasteiger partial charge in [0.15, 0.2) is 0 Å². The average Bonchev–Trinajstić information content (AvgIpc) is 2.75. The molecule has 3 heteroatoms. The van der Waals surface area contributed by atoms with E-state index >= 15 is 0 Å². The van der Waals surface area contributed by atoms with Crippen molar-refractivity contribution in [1.82, 2.24) is 4.90 Å².